The number of carbonyl (C=O) groups is 1. The third-order valence-electron chi connectivity index (χ3n) is 2.22. The summed E-state index contributed by atoms with van der Waals surface area (Å²) in [6.07, 6.45) is 4.29. The van der Waals surface area contributed by atoms with Crippen molar-refractivity contribution in [1.29, 1.82) is 0 Å². The molecule has 1 atom stereocenters. The SMILES string of the molecule is CCC[C@H](CCO)CCC(=O)OC. The van der Waals surface area contributed by atoms with Crippen LogP contribution < -0.4 is 0 Å². The summed E-state index contributed by atoms with van der Waals surface area (Å²) >= 11 is 0. The van der Waals surface area contributed by atoms with E-state index < -0.39 is 0 Å². The molecule has 78 valence electrons. The Kier molecular flexibility index (Phi) is 7.69. The molecule has 0 heterocycles. The van der Waals surface area contributed by atoms with E-state index in [1.54, 1.807) is 0 Å². The maximum atomic E-state index is 10.8. The van der Waals surface area contributed by atoms with Gasteiger partial charge in [0.25, 0.3) is 0 Å². The van der Waals surface area contributed by atoms with Crippen molar-refractivity contribution in [2.24, 2.45) is 5.92 Å². The normalized spacial score (nSPS) is 12.5. The molecule has 0 saturated heterocycles. The molecule has 0 rings (SSSR count). The van der Waals surface area contributed by atoms with Crippen LogP contribution in [-0.4, -0.2) is 24.8 Å². The largest absolute Gasteiger partial charge is 0.469 e. The van der Waals surface area contributed by atoms with Crippen molar-refractivity contribution < 1.29 is 14.6 Å². The van der Waals surface area contributed by atoms with Gasteiger partial charge in [0.05, 0.1) is 7.11 Å². The minimum absolute atomic E-state index is 0.154. The molecule has 0 saturated carbocycles. The van der Waals surface area contributed by atoms with Gasteiger partial charge in [0.2, 0.25) is 0 Å². The first-order chi connectivity index (χ1) is 6.24. The summed E-state index contributed by atoms with van der Waals surface area (Å²) in [5.41, 5.74) is 0. The third-order valence-corrected chi connectivity index (χ3v) is 2.22. The van der Waals surface area contributed by atoms with E-state index in [9.17, 15) is 4.79 Å². The molecule has 0 aliphatic rings. The second-order valence-electron chi connectivity index (χ2n) is 3.28. The number of esters is 1. The molecule has 0 aromatic rings. The smallest absolute Gasteiger partial charge is 0.305 e. The first-order valence-corrected chi connectivity index (χ1v) is 4.92. The highest BCUT2D eigenvalue weighted by molar-refractivity contribution is 5.69. The van der Waals surface area contributed by atoms with Crippen molar-refractivity contribution in [2.75, 3.05) is 13.7 Å². The highest BCUT2D eigenvalue weighted by Crippen LogP contribution is 2.17. The second kappa shape index (κ2) is 8.05. The van der Waals surface area contributed by atoms with Crippen molar-refractivity contribution in [3.05, 3.63) is 0 Å². The van der Waals surface area contributed by atoms with E-state index >= 15 is 0 Å². The van der Waals surface area contributed by atoms with Crippen LogP contribution in [-0.2, 0) is 9.53 Å². The quantitative estimate of drug-likeness (QED) is 0.619. The molecular formula is C10H20O3. The third kappa shape index (κ3) is 6.58. The lowest BCUT2D eigenvalue weighted by molar-refractivity contribution is -0.141. The maximum absolute atomic E-state index is 10.8. The summed E-state index contributed by atoms with van der Waals surface area (Å²) in [5, 5.41) is 8.77. The molecule has 0 aromatic carbocycles. The molecule has 0 amide bonds. The minimum atomic E-state index is -0.154. The maximum Gasteiger partial charge on any atom is 0.305 e. The monoisotopic (exact) mass is 188 g/mol. The van der Waals surface area contributed by atoms with Gasteiger partial charge in [-0.05, 0) is 18.8 Å². The second-order valence-corrected chi connectivity index (χ2v) is 3.28. The zero-order valence-electron chi connectivity index (χ0n) is 8.58. The molecule has 13 heavy (non-hydrogen) atoms. The Morgan fingerprint density at radius 2 is 2.08 bits per heavy atom. The van der Waals surface area contributed by atoms with E-state index in [0.717, 1.165) is 25.7 Å². The summed E-state index contributed by atoms with van der Waals surface area (Å²) < 4.78 is 4.56. The fraction of sp³-hybridized carbons (Fsp3) is 0.900. The summed E-state index contributed by atoms with van der Waals surface area (Å²) in [6.45, 7) is 2.33. The van der Waals surface area contributed by atoms with E-state index in [2.05, 4.69) is 11.7 Å². The van der Waals surface area contributed by atoms with Crippen molar-refractivity contribution in [1.82, 2.24) is 0 Å². The van der Waals surface area contributed by atoms with Crippen LogP contribution in [0, 0.1) is 5.92 Å². The lowest BCUT2D eigenvalue weighted by Gasteiger charge is -2.13. The molecule has 0 unspecified atom stereocenters. The first-order valence-electron chi connectivity index (χ1n) is 4.92. The molecule has 0 spiro atoms. The standard InChI is InChI=1S/C10H20O3/c1-3-4-9(7-8-11)5-6-10(12)13-2/h9,11H,3-8H2,1-2H3/t9-/m0/s1. The van der Waals surface area contributed by atoms with Crippen LogP contribution >= 0.6 is 0 Å². The van der Waals surface area contributed by atoms with Crippen molar-refractivity contribution >= 4 is 5.97 Å². The topological polar surface area (TPSA) is 46.5 Å². The van der Waals surface area contributed by atoms with Crippen LogP contribution in [0.2, 0.25) is 0 Å². The Hall–Kier alpha value is -0.570. The summed E-state index contributed by atoms with van der Waals surface area (Å²) in [7, 11) is 1.41. The summed E-state index contributed by atoms with van der Waals surface area (Å²) in [4.78, 5) is 10.8. The number of ether oxygens (including phenoxy) is 1. The van der Waals surface area contributed by atoms with Crippen molar-refractivity contribution in [3.63, 3.8) is 0 Å². The van der Waals surface area contributed by atoms with E-state index in [0.29, 0.717) is 12.3 Å². The van der Waals surface area contributed by atoms with Crippen LogP contribution in [0.15, 0.2) is 0 Å². The Bertz CT molecular complexity index is 128. The Morgan fingerprint density at radius 3 is 2.54 bits per heavy atom. The zero-order chi connectivity index (χ0) is 10.1. The average molecular weight is 188 g/mol. The molecule has 3 heteroatoms. The van der Waals surface area contributed by atoms with Crippen molar-refractivity contribution in [2.45, 2.75) is 39.0 Å². The van der Waals surface area contributed by atoms with Gasteiger partial charge in [-0.2, -0.15) is 0 Å². The fourth-order valence-corrected chi connectivity index (χ4v) is 1.45. The number of rotatable bonds is 7. The van der Waals surface area contributed by atoms with Crippen LogP contribution in [0.5, 0.6) is 0 Å². The predicted molar refractivity (Wildman–Crippen MR) is 51.4 cm³/mol. The van der Waals surface area contributed by atoms with Gasteiger partial charge in [-0.3, -0.25) is 4.79 Å². The molecule has 0 radical (unpaired) electrons. The Balaban J connectivity index is 3.61. The van der Waals surface area contributed by atoms with Gasteiger partial charge in [-0.25, -0.2) is 0 Å². The summed E-state index contributed by atoms with van der Waals surface area (Å²) in [5.74, 6) is 0.313. The highest BCUT2D eigenvalue weighted by Gasteiger charge is 2.09. The fourth-order valence-electron chi connectivity index (χ4n) is 1.45. The van der Waals surface area contributed by atoms with E-state index in [4.69, 9.17) is 5.11 Å². The number of aliphatic hydroxyl groups excluding tert-OH is 1. The van der Waals surface area contributed by atoms with Gasteiger partial charge >= 0.3 is 5.97 Å². The molecule has 0 aliphatic carbocycles. The number of carbonyl (C=O) groups excluding carboxylic acids is 1. The highest BCUT2D eigenvalue weighted by atomic mass is 16.5. The van der Waals surface area contributed by atoms with Crippen molar-refractivity contribution in [3.8, 4) is 0 Å². The van der Waals surface area contributed by atoms with E-state index in [1.807, 2.05) is 0 Å². The number of hydrogen-bond donors (Lipinski definition) is 1. The summed E-state index contributed by atoms with van der Waals surface area (Å²) in [6, 6.07) is 0. The lowest BCUT2D eigenvalue weighted by atomic mass is 9.95. The molecule has 0 aromatic heterocycles. The van der Waals surface area contributed by atoms with Gasteiger partial charge in [-0.1, -0.05) is 19.8 Å². The Morgan fingerprint density at radius 1 is 1.38 bits per heavy atom. The molecule has 0 fully saturated rings. The zero-order valence-corrected chi connectivity index (χ0v) is 8.58. The number of aliphatic hydroxyl groups is 1. The molecule has 1 N–H and O–H groups in total. The van der Waals surface area contributed by atoms with Gasteiger partial charge in [0.1, 0.15) is 0 Å². The molecule has 0 aliphatic heterocycles. The number of methoxy groups -OCH3 is 1. The minimum Gasteiger partial charge on any atom is -0.469 e. The van der Waals surface area contributed by atoms with Crippen LogP contribution in [0.25, 0.3) is 0 Å². The molecule has 0 bridgehead atoms. The lowest BCUT2D eigenvalue weighted by Crippen LogP contribution is -2.07. The first kappa shape index (κ1) is 12.4. The molecular weight excluding hydrogens is 168 g/mol. The molecule has 3 nitrogen and oxygen atoms in total. The van der Waals surface area contributed by atoms with E-state index in [1.165, 1.54) is 7.11 Å². The van der Waals surface area contributed by atoms with Gasteiger partial charge < -0.3 is 9.84 Å². The van der Waals surface area contributed by atoms with Gasteiger partial charge in [-0.15, -0.1) is 0 Å². The predicted octanol–water partition coefficient (Wildman–Crippen LogP) is 1.74. The van der Waals surface area contributed by atoms with E-state index in [-0.39, 0.29) is 12.6 Å². The van der Waals surface area contributed by atoms with Crippen LogP contribution in [0.3, 0.4) is 0 Å². The van der Waals surface area contributed by atoms with Gasteiger partial charge in [0.15, 0.2) is 0 Å². The van der Waals surface area contributed by atoms with Crippen LogP contribution in [0.1, 0.15) is 39.0 Å². The number of hydrogen-bond acceptors (Lipinski definition) is 3. The van der Waals surface area contributed by atoms with Gasteiger partial charge in [0, 0.05) is 13.0 Å². The Labute approximate surface area is 80.1 Å². The average Bonchev–Trinajstić information content (AvgIpc) is 2.14. The van der Waals surface area contributed by atoms with Crippen LogP contribution in [0.4, 0.5) is 0 Å².